The van der Waals surface area contributed by atoms with Gasteiger partial charge in [0.15, 0.2) is 11.1 Å². The summed E-state index contributed by atoms with van der Waals surface area (Å²) >= 11 is 1.40. The third-order valence-corrected chi connectivity index (χ3v) is 7.06. The number of carbonyl (C=O) groups is 1. The standard InChI is InChI=1S/C24H21F2N3O3S/c1-14-27-20(11-31-14)21-9-16-12-33-23(28-22(30)15-5-3-2-4-6-15)29-24(16,13-32-21)18-8-7-17(25)10-19(18)26/h2-8,10-11,16,21H,9,12-13H2,1H3,(H,28,29,30). The molecule has 3 unspecified atom stereocenters. The maximum Gasteiger partial charge on any atom is 0.257 e. The Balaban J connectivity index is 1.50. The van der Waals surface area contributed by atoms with Gasteiger partial charge in [0.05, 0.1) is 6.61 Å². The van der Waals surface area contributed by atoms with E-state index in [2.05, 4.69) is 10.3 Å². The Morgan fingerprint density at radius 1 is 1.21 bits per heavy atom. The van der Waals surface area contributed by atoms with Crippen LogP contribution in [0.25, 0.3) is 0 Å². The number of hydrogen-bond donors (Lipinski definition) is 1. The monoisotopic (exact) mass is 469 g/mol. The lowest BCUT2D eigenvalue weighted by atomic mass is 9.74. The minimum Gasteiger partial charge on any atom is -0.449 e. The second kappa shape index (κ2) is 8.72. The highest BCUT2D eigenvalue weighted by molar-refractivity contribution is 8.13. The third-order valence-electron chi connectivity index (χ3n) is 6.02. The fraction of sp³-hybridized carbons (Fsp3) is 0.292. The van der Waals surface area contributed by atoms with Crippen LogP contribution in [0.5, 0.6) is 0 Å². The highest BCUT2D eigenvalue weighted by atomic mass is 32.2. The number of fused-ring (bicyclic) bond motifs is 1. The van der Waals surface area contributed by atoms with Crippen molar-refractivity contribution >= 4 is 22.8 Å². The number of aliphatic imine (C=N–C) groups is 1. The van der Waals surface area contributed by atoms with Crippen molar-refractivity contribution in [3.05, 3.63) is 89.1 Å². The normalized spacial score (nSPS) is 24.6. The van der Waals surface area contributed by atoms with E-state index in [1.165, 1.54) is 23.9 Å². The predicted octanol–water partition coefficient (Wildman–Crippen LogP) is 4.77. The van der Waals surface area contributed by atoms with Gasteiger partial charge in [0.1, 0.15) is 35.2 Å². The number of aromatic nitrogens is 1. The van der Waals surface area contributed by atoms with Crippen LogP contribution < -0.4 is 5.32 Å². The largest absolute Gasteiger partial charge is 0.449 e. The van der Waals surface area contributed by atoms with Gasteiger partial charge in [-0.3, -0.25) is 4.79 Å². The van der Waals surface area contributed by atoms with Gasteiger partial charge >= 0.3 is 0 Å². The van der Waals surface area contributed by atoms with Crippen LogP contribution in [0.3, 0.4) is 0 Å². The number of amidine groups is 1. The lowest BCUT2D eigenvalue weighted by molar-refractivity contribution is -0.0607. The molecule has 3 aromatic rings. The van der Waals surface area contributed by atoms with Gasteiger partial charge in [-0.15, -0.1) is 0 Å². The van der Waals surface area contributed by atoms with Gasteiger partial charge in [-0.05, 0) is 24.6 Å². The number of oxazole rings is 1. The second-order valence-electron chi connectivity index (χ2n) is 8.12. The van der Waals surface area contributed by atoms with Gasteiger partial charge in [-0.2, -0.15) is 0 Å². The molecule has 2 aliphatic heterocycles. The molecular weight excluding hydrogens is 448 g/mol. The van der Waals surface area contributed by atoms with E-state index in [4.69, 9.17) is 14.1 Å². The Morgan fingerprint density at radius 3 is 2.76 bits per heavy atom. The number of benzene rings is 2. The number of nitrogens with zero attached hydrogens (tertiary/aromatic N) is 2. The molecule has 5 rings (SSSR count). The highest BCUT2D eigenvalue weighted by Crippen LogP contribution is 2.49. The molecule has 1 fully saturated rings. The summed E-state index contributed by atoms with van der Waals surface area (Å²) < 4.78 is 40.1. The van der Waals surface area contributed by atoms with Crippen LogP contribution >= 0.6 is 11.8 Å². The summed E-state index contributed by atoms with van der Waals surface area (Å²) in [5.74, 6) is -0.677. The van der Waals surface area contributed by atoms with E-state index in [-0.39, 0.29) is 30.1 Å². The second-order valence-corrected chi connectivity index (χ2v) is 9.13. The fourth-order valence-corrected chi connectivity index (χ4v) is 5.51. The van der Waals surface area contributed by atoms with Gasteiger partial charge in [0.25, 0.3) is 5.91 Å². The molecule has 9 heteroatoms. The smallest absolute Gasteiger partial charge is 0.257 e. The molecule has 0 aliphatic carbocycles. The SMILES string of the molecule is Cc1nc(C2CC3CSC(NC(=O)c4ccccc4)=NC3(c3ccc(F)cc3F)CO2)co1. The van der Waals surface area contributed by atoms with Crippen LogP contribution in [-0.2, 0) is 10.3 Å². The molecule has 0 bridgehead atoms. The lowest BCUT2D eigenvalue weighted by Crippen LogP contribution is -2.49. The van der Waals surface area contributed by atoms with Crippen LogP contribution in [0.15, 0.2) is 64.2 Å². The first-order valence-electron chi connectivity index (χ1n) is 10.5. The van der Waals surface area contributed by atoms with Crippen LogP contribution in [0.1, 0.15) is 40.0 Å². The summed E-state index contributed by atoms with van der Waals surface area (Å²) in [6.45, 7) is 1.81. The first-order chi connectivity index (χ1) is 15.9. The zero-order valence-electron chi connectivity index (χ0n) is 17.8. The summed E-state index contributed by atoms with van der Waals surface area (Å²) in [6.07, 6.45) is 1.77. The van der Waals surface area contributed by atoms with Crippen LogP contribution in [0, 0.1) is 24.5 Å². The Kier molecular flexibility index (Phi) is 5.76. The van der Waals surface area contributed by atoms with Gasteiger partial charge in [0.2, 0.25) is 0 Å². The molecule has 3 atom stereocenters. The highest BCUT2D eigenvalue weighted by Gasteiger charge is 2.50. The van der Waals surface area contributed by atoms with Crippen molar-refractivity contribution in [2.24, 2.45) is 10.9 Å². The minimum atomic E-state index is -1.10. The zero-order valence-corrected chi connectivity index (χ0v) is 18.6. The minimum absolute atomic E-state index is 0.0576. The van der Waals surface area contributed by atoms with E-state index < -0.39 is 17.2 Å². The molecule has 2 aromatic carbocycles. The number of aryl methyl sites for hydroxylation is 1. The van der Waals surface area contributed by atoms with Crippen LogP contribution in [0.2, 0.25) is 0 Å². The number of ether oxygens (including phenoxy) is 1. The average Bonchev–Trinajstić information content (AvgIpc) is 3.25. The number of thioether (sulfide) groups is 1. The molecule has 0 spiro atoms. The quantitative estimate of drug-likeness (QED) is 0.598. The Hall–Kier alpha value is -3.04. The first kappa shape index (κ1) is 21.8. The summed E-state index contributed by atoms with van der Waals surface area (Å²) in [5, 5.41) is 3.21. The van der Waals surface area contributed by atoms with Crippen molar-refractivity contribution < 1.29 is 22.7 Å². The topological polar surface area (TPSA) is 76.7 Å². The molecule has 170 valence electrons. The van der Waals surface area contributed by atoms with E-state index >= 15 is 0 Å². The summed E-state index contributed by atoms with van der Waals surface area (Å²) in [7, 11) is 0. The summed E-state index contributed by atoms with van der Waals surface area (Å²) in [4.78, 5) is 21.9. The molecule has 1 aromatic heterocycles. The predicted molar refractivity (Wildman–Crippen MR) is 120 cm³/mol. The van der Waals surface area contributed by atoms with E-state index in [1.54, 1.807) is 37.5 Å². The number of rotatable bonds is 3. The Bertz CT molecular complexity index is 1220. The van der Waals surface area contributed by atoms with Crippen molar-refractivity contribution in [1.82, 2.24) is 10.3 Å². The number of nitrogens with one attached hydrogen (secondary N) is 1. The fourth-order valence-electron chi connectivity index (χ4n) is 4.34. The van der Waals surface area contributed by atoms with E-state index in [0.717, 1.165) is 6.07 Å². The van der Waals surface area contributed by atoms with E-state index in [1.807, 2.05) is 6.07 Å². The molecular formula is C24H21F2N3O3S. The van der Waals surface area contributed by atoms with Crippen molar-refractivity contribution in [1.29, 1.82) is 0 Å². The van der Waals surface area contributed by atoms with Gasteiger partial charge in [-0.1, -0.05) is 36.0 Å². The number of carbonyl (C=O) groups excluding carboxylic acids is 1. The molecule has 6 nitrogen and oxygen atoms in total. The maximum absolute atomic E-state index is 15.0. The van der Waals surface area contributed by atoms with Crippen molar-refractivity contribution in [3.63, 3.8) is 0 Å². The molecule has 1 amide bonds. The molecule has 0 saturated carbocycles. The Morgan fingerprint density at radius 2 is 2.03 bits per heavy atom. The molecule has 1 saturated heterocycles. The van der Waals surface area contributed by atoms with Crippen LogP contribution in [0.4, 0.5) is 8.78 Å². The third kappa shape index (κ3) is 4.18. The lowest BCUT2D eigenvalue weighted by Gasteiger charge is -2.46. The van der Waals surface area contributed by atoms with Gasteiger partial charge in [0, 0.05) is 35.8 Å². The first-order valence-corrected chi connectivity index (χ1v) is 11.5. The van der Waals surface area contributed by atoms with E-state index in [0.29, 0.717) is 34.5 Å². The molecule has 1 N–H and O–H groups in total. The zero-order chi connectivity index (χ0) is 23.0. The Labute approximate surface area is 193 Å². The van der Waals surface area contributed by atoms with Gasteiger partial charge < -0.3 is 14.5 Å². The van der Waals surface area contributed by atoms with Gasteiger partial charge in [-0.25, -0.2) is 18.8 Å². The molecule has 2 aliphatic rings. The van der Waals surface area contributed by atoms with Crippen molar-refractivity contribution in [3.8, 4) is 0 Å². The summed E-state index contributed by atoms with van der Waals surface area (Å²) in [6, 6.07) is 12.3. The summed E-state index contributed by atoms with van der Waals surface area (Å²) in [5.41, 5.74) is 0.317. The molecule has 3 heterocycles. The molecule has 33 heavy (non-hydrogen) atoms. The molecule has 0 radical (unpaired) electrons. The average molecular weight is 470 g/mol. The van der Waals surface area contributed by atoms with Crippen LogP contribution in [-0.4, -0.2) is 28.4 Å². The number of amides is 1. The van der Waals surface area contributed by atoms with Crippen molar-refractivity contribution in [2.45, 2.75) is 25.0 Å². The number of hydrogen-bond acceptors (Lipinski definition) is 6. The van der Waals surface area contributed by atoms with E-state index in [9.17, 15) is 13.6 Å². The van der Waals surface area contributed by atoms with Crippen molar-refractivity contribution in [2.75, 3.05) is 12.4 Å². The number of halogens is 2. The maximum atomic E-state index is 15.0.